The average Bonchev–Trinajstić information content (AvgIpc) is 2.63. The molecular formula is C21H27N3O2S. The van der Waals surface area contributed by atoms with Gasteiger partial charge < -0.3 is 4.74 Å². The Morgan fingerprint density at radius 3 is 2.44 bits per heavy atom. The smallest absolute Gasteiger partial charge is 0.420 e. The molecule has 1 atom stereocenters. The van der Waals surface area contributed by atoms with Gasteiger partial charge in [0.2, 0.25) is 0 Å². The first-order valence-electron chi connectivity index (χ1n) is 9.37. The molecule has 1 amide bonds. The van der Waals surface area contributed by atoms with Crippen molar-refractivity contribution in [2.24, 2.45) is 0 Å². The van der Waals surface area contributed by atoms with Crippen molar-refractivity contribution < 1.29 is 9.53 Å². The zero-order valence-corrected chi connectivity index (χ0v) is 17.4. The number of hydrogen-bond acceptors (Lipinski definition) is 5. The molecule has 1 aromatic carbocycles. The quantitative estimate of drug-likeness (QED) is 0.696. The van der Waals surface area contributed by atoms with Crippen molar-refractivity contribution in [3.8, 4) is 0 Å². The fourth-order valence-electron chi connectivity index (χ4n) is 3.35. The van der Waals surface area contributed by atoms with Gasteiger partial charge >= 0.3 is 6.09 Å². The third-order valence-corrected chi connectivity index (χ3v) is 5.67. The van der Waals surface area contributed by atoms with E-state index in [1.165, 1.54) is 0 Å². The van der Waals surface area contributed by atoms with Crippen LogP contribution in [0.15, 0.2) is 52.4 Å². The van der Waals surface area contributed by atoms with Crippen molar-refractivity contribution >= 4 is 29.4 Å². The second-order valence-corrected chi connectivity index (χ2v) is 8.39. The highest BCUT2D eigenvalue weighted by molar-refractivity contribution is 7.99. The van der Waals surface area contributed by atoms with Gasteiger partial charge in [-0.05, 0) is 58.9 Å². The van der Waals surface area contributed by atoms with Gasteiger partial charge in [-0.3, -0.25) is 4.90 Å². The summed E-state index contributed by atoms with van der Waals surface area (Å²) < 4.78 is 5.83. The van der Waals surface area contributed by atoms with Crippen LogP contribution in [0.4, 0.5) is 16.3 Å². The fourth-order valence-corrected chi connectivity index (χ4v) is 4.38. The van der Waals surface area contributed by atoms with Crippen LogP contribution in [0.3, 0.4) is 0 Å². The van der Waals surface area contributed by atoms with E-state index in [1.54, 1.807) is 22.9 Å². The lowest BCUT2D eigenvalue weighted by Gasteiger charge is -2.34. The first-order chi connectivity index (χ1) is 12.9. The summed E-state index contributed by atoms with van der Waals surface area (Å²) in [7, 11) is 0. The van der Waals surface area contributed by atoms with Crippen molar-refractivity contribution in [2.75, 3.05) is 11.4 Å². The molecule has 0 fully saturated rings. The number of ether oxygens (including phenoxy) is 1. The number of carbonyl (C=O) groups excluding carboxylic acids is 1. The molecule has 0 aliphatic carbocycles. The number of nitrogens with zero attached hydrogens (tertiary/aromatic N) is 3. The van der Waals surface area contributed by atoms with Gasteiger partial charge in [0.15, 0.2) is 5.82 Å². The maximum absolute atomic E-state index is 13.1. The van der Waals surface area contributed by atoms with Crippen LogP contribution in [0, 0.1) is 0 Å². The molecule has 27 heavy (non-hydrogen) atoms. The zero-order chi connectivity index (χ0) is 19.6. The molecule has 1 aliphatic heterocycles. The molecule has 5 nitrogen and oxygen atoms in total. The van der Waals surface area contributed by atoms with E-state index >= 15 is 0 Å². The second kappa shape index (κ2) is 8.31. The van der Waals surface area contributed by atoms with Gasteiger partial charge in [-0.2, -0.15) is 0 Å². The number of rotatable bonds is 5. The summed E-state index contributed by atoms with van der Waals surface area (Å²) in [5, 5.41) is 0. The number of hydrogen-bond donors (Lipinski definition) is 0. The minimum Gasteiger partial charge on any atom is -0.444 e. The van der Waals surface area contributed by atoms with E-state index in [0.717, 1.165) is 15.5 Å². The van der Waals surface area contributed by atoms with E-state index in [1.807, 2.05) is 43.3 Å². The minimum atomic E-state index is -0.386. The molecule has 0 bridgehead atoms. The van der Waals surface area contributed by atoms with Gasteiger partial charge in [0.05, 0.1) is 10.6 Å². The van der Waals surface area contributed by atoms with E-state index in [2.05, 4.69) is 37.6 Å². The maximum Gasteiger partial charge on any atom is 0.420 e. The van der Waals surface area contributed by atoms with Crippen LogP contribution in [-0.2, 0) is 4.74 Å². The lowest BCUT2D eigenvalue weighted by atomic mass is 10.2. The highest BCUT2D eigenvalue weighted by Gasteiger charge is 2.31. The summed E-state index contributed by atoms with van der Waals surface area (Å²) in [5.74, 6) is 0.628. The molecule has 144 valence electrons. The molecule has 1 unspecified atom stereocenters. The number of fused-ring (bicyclic) bond motifs is 2. The molecule has 0 N–H and O–H groups in total. The topological polar surface area (TPSA) is 45.7 Å². The standard InChI is InChI=1S/C21H27N3O2S/c1-14(2)23(15(3)4)13-16(5)26-21(25)24-17-9-6-7-10-18(17)27-19-11-8-12-22-20(19)24/h6-12,14-16H,13H2,1-5H3. The van der Waals surface area contributed by atoms with Gasteiger partial charge in [0, 0.05) is 29.7 Å². The Morgan fingerprint density at radius 2 is 1.74 bits per heavy atom. The largest absolute Gasteiger partial charge is 0.444 e. The normalized spacial score (nSPS) is 14.3. The number of para-hydroxylation sites is 1. The van der Waals surface area contributed by atoms with Crippen LogP contribution in [0.2, 0.25) is 0 Å². The molecule has 2 aromatic rings. The van der Waals surface area contributed by atoms with Crippen molar-refractivity contribution in [3.63, 3.8) is 0 Å². The second-order valence-electron chi connectivity index (χ2n) is 7.31. The zero-order valence-electron chi connectivity index (χ0n) is 16.5. The van der Waals surface area contributed by atoms with Gasteiger partial charge in [-0.1, -0.05) is 23.9 Å². The maximum atomic E-state index is 13.1. The summed E-state index contributed by atoms with van der Waals surface area (Å²) in [5.41, 5.74) is 0.815. The van der Waals surface area contributed by atoms with Crippen molar-refractivity contribution in [2.45, 2.75) is 62.6 Å². The van der Waals surface area contributed by atoms with Gasteiger partial charge in [0.1, 0.15) is 6.10 Å². The summed E-state index contributed by atoms with van der Waals surface area (Å²) >= 11 is 1.62. The molecule has 1 aliphatic rings. The number of carbonyl (C=O) groups is 1. The molecule has 1 aromatic heterocycles. The number of amides is 1. The highest BCUT2D eigenvalue weighted by atomic mass is 32.2. The van der Waals surface area contributed by atoms with Crippen LogP contribution in [-0.4, -0.2) is 40.7 Å². The number of aromatic nitrogens is 1. The summed E-state index contributed by atoms with van der Waals surface area (Å²) in [4.78, 5) is 23.4. The third kappa shape index (κ3) is 4.28. The lowest BCUT2D eigenvalue weighted by Crippen LogP contribution is -2.43. The predicted octanol–water partition coefficient (Wildman–Crippen LogP) is 5.33. The van der Waals surface area contributed by atoms with Crippen molar-refractivity contribution in [3.05, 3.63) is 42.6 Å². The van der Waals surface area contributed by atoms with Crippen molar-refractivity contribution in [1.82, 2.24) is 9.88 Å². The van der Waals surface area contributed by atoms with Crippen LogP contribution in [0.1, 0.15) is 34.6 Å². The Bertz CT molecular complexity index is 756. The Morgan fingerprint density at radius 1 is 1.07 bits per heavy atom. The summed E-state index contributed by atoms with van der Waals surface area (Å²) in [6.45, 7) is 11.3. The first kappa shape index (κ1) is 19.7. The molecule has 3 rings (SSSR count). The molecule has 0 saturated carbocycles. The van der Waals surface area contributed by atoms with Crippen LogP contribution < -0.4 is 4.90 Å². The van der Waals surface area contributed by atoms with Gasteiger partial charge in [-0.15, -0.1) is 0 Å². The number of pyridine rings is 1. The molecule has 0 radical (unpaired) electrons. The van der Waals surface area contributed by atoms with E-state index < -0.39 is 0 Å². The molecule has 0 saturated heterocycles. The Labute approximate surface area is 165 Å². The Hall–Kier alpha value is -2.05. The van der Waals surface area contributed by atoms with Gasteiger partial charge in [0.25, 0.3) is 0 Å². The fraction of sp³-hybridized carbons (Fsp3) is 0.429. The monoisotopic (exact) mass is 385 g/mol. The molecule has 6 heteroatoms. The lowest BCUT2D eigenvalue weighted by molar-refractivity contribution is 0.0632. The van der Waals surface area contributed by atoms with E-state index in [9.17, 15) is 4.79 Å². The van der Waals surface area contributed by atoms with Crippen LogP contribution in [0.5, 0.6) is 0 Å². The van der Waals surface area contributed by atoms with E-state index in [-0.39, 0.29) is 12.2 Å². The minimum absolute atomic E-state index is 0.226. The summed E-state index contributed by atoms with van der Waals surface area (Å²) in [6, 6.07) is 12.5. The number of anilines is 2. The molecule has 2 heterocycles. The van der Waals surface area contributed by atoms with E-state index in [0.29, 0.717) is 24.4 Å². The Kier molecular flexibility index (Phi) is 6.07. The third-order valence-electron chi connectivity index (χ3n) is 4.57. The predicted molar refractivity (Wildman–Crippen MR) is 110 cm³/mol. The number of benzene rings is 1. The van der Waals surface area contributed by atoms with E-state index in [4.69, 9.17) is 4.74 Å². The van der Waals surface area contributed by atoms with Gasteiger partial charge in [-0.25, -0.2) is 14.7 Å². The molecular weight excluding hydrogens is 358 g/mol. The average molecular weight is 386 g/mol. The van der Waals surface area contributed by atoms with Crippen molar-refractivity contribution in [1.29, 1.82) is 0 Å². The van der Waals surface area contributed by atoms with Crippen LogP contribution in [0.25, 0.3) is 0 Å². The molecule has 0 spiro atoms. The SMILES string of the molecule is CC(CN(C(C)C)C(C)C)OC(=O)N1c2ccccc2Sc2cccnc21. The van der Waals surface area contributed by atoms with Crippen LogP contribution >= 0.6 is 11.8 Å². The highest BCUT2D eigenvalue weighted by Crippen LogP contribution is 2.47. The Balaban J connectivity index is 1.82. The first-order valence-corrected chi connectivity index (χ1v) is 10.2. The summed E-state index contributed by atoms with van der Waals surface area (Å²) in [6.07, 6.45) is 1.09.